The first kappa shape index (κ1) is 14.9. The third kappa shape index (κ3) is 2.79. The Morgan fingerprint density at radius 3 is 2.79 bits per heavy atom. The number of H-pyrrole nitrogens is 1. The van der Waals surface area contributed by atoms with Gasteiger partial charge in [-0.15, -0.1) is 0 Å². The molecule has 0 saturated carbocycles. The fraction of sp³-hybridized carbons (Fsp3) is 0.389. The van der Waals surface area contributed by atoms with Gasteiger partial charge in [-0.25, -0.2) is 9.97 Å². The lowest BCUT2D eigenvalue weighted by Gasteiger charge is -2.31. The number of aromatic nitrogens is 4. The molecule has 6 heteroatoms. The number of aryl methyl sites for hydroxylation is 1. The fourth-order valence-corrected chi connectivity index (χ4v) is 3.44. The lowest BCUT2D eigenvalue weighted by molar-refractivity contribution is 0.0680. The van der Waals surface area contributed by atoms with Crippen molar-refractivity contribution >= 4 is 16.9 Å². The van der Waals surface area contributed by atoms with Gasteiger partial charge in [-0.3, -0.25) is 4.79 Å². The topological polar surface area (TPSA) is 66.8 Å². The molecule has 0 aliphatic carbocycles. The first-order valence-electron chi connectivity index (χ1n) is 8.40. The molecule has 1 aromatic carbocycles. The summed E-state index contributed by atoms with van der Waals surface area (Å²) >= 11 is 0. The molecule has 0 bridgehead atoms. The zero-order valence-electron chi connectivity index (χ0n) is 13.8. The van der Waals surface area contributed by atoms with Gasteiger partial charge in [-0.1, -0.05) is 12.1 Å². The van der Waals surface area contributed by atoms with Crippen molar-refractivity contribution in [3.8, 4) is 0 Å². The Balaban J connectivity index is 1.37. The summed E-state index contributed by atoms with van der Waals surface area (Å²) in [5, 5.41) is 0. The van der Waals surface area contributed by atoms with Crippen LogP contribution in [0, 0.1) is 5.92 Å². The van der Waals surface area contributed by atoms with E-state index in [0.717, 1.165) is 49.2 Å². The lowest BCUT2D eigenvalue weighted by atomic mass is 9.93. The molecule has 1 N–H and O–H groups in total. The Kier molecular flexibility index (Phi) is 3.80. The highest BCUT2D eigenvalue weighted by Gasteiger charge is 2.25. The van der Waals surface area contributed by atoms with Crippen LogP contribution in [0.25, 0.3) is 11.0 Å². The number of piperidine rings is 1. The van der Waals surface area contributed by atoms with Crippen molar-refractivity contribution in [3.05, 3.63) is 48.3 Å². The average Bonchev–Trinajstić information content (AvgIpc) is 3.20. The molecule has 1 saturated heterocycles. The summed E-state index contributed by atoms with van der Waals surface area (Å²) in [4.78, 5) is 26.5. The van der Waals surface area contributed by atoms with E-state index < -0.39 is 0 Å². The Bertz CT molecular complexity index is 824. The van der Waals surface area contributed by atoms with E-state index in [1.165, 1.54) is 0 Å². The number of fused-ring (bicyclic) bond motifs is 1. The molecule has 3 heterocycles. The molecule has 24 heavy (non-hydrogen) atoms. The first-order valence-corrected chi connectivity index (χ1v) is 8.40. The number of imidazole rings is 2. The lowest BCUT2D eigenvalue weighted by Crippen LogP contribution is -2.39. The predicted molar refractivity (Wildman–Crippen MR) is 91.6 cm³/mol. The van der Waals surface area contributed by atoms with E-state index >= 15 is 0 Å². The molecule has 0 unspecified atom stereocenters. The van der Waals surface area contributed by atoms with Crippen LogP contribution in [0.3, 0.4) is 0 Å². The van der Waals surface area contributed by atoms with Gasteiger partial charge in [0.2, 0.25) is 0 Å². The first-order chi connectivity index (χ1) is 11.7. The molecule has 2 aromatic heterocycles. The van der Waals surface area contributed by atoms with Crippen molar-refractivity contribution in [2.45, 2.75) is 19.3 Å². The van der Waals surface area contributed by atoms with Crippen LogP contribution in [0.5, 0.6) is 0 Å². The van der Waals surface area contributed by atoms with Crippen molar-refractivity contribution in [2.24, 2.45) is 13.0 Å². The van der Waals surface area contributed by atoms with Crippen molar-refractivity contribution in [1.29, 1.82) is 0 Å². The van der Waals surface area contributed by atoms with E-state index in [1.807, 2.05) is 30.1 Å². The zero-order chi connectivity index (χ0) is 16.5. The monoisotopic (exact) mass is 323 g/mol. The third-order valence-corrected chi connectivity index (χ3v) is 4.86. The van der Waals surface area contributed by atoms with E-state index in [0.29, 0.717) is 11.6 Å². The second-order valence-electron chi connectivity index (χ2n) is 6.53. The van der Waals surface area contributed by atoms with Gasteiger partial charge in [0.15, 0.2) is 0 Å². The molecule has 1 fully saturated rings. The van der Waals surface area contributed by atoms with E-state index in [1.54, 1.807) is 17.1 Å². The van der Waals surface area contributed by atoms with Crippen LogP contribution >= 0.6 is 0 Å². The Morgan fingerprint density at radius 1 is 1.29 bits per heavy atom. The minimum atomic E-state index is 0.0807. The number of carbonyl (C=O) groups is 1. The Morgan fingerprint density at radius 2 is 2.08 bits per heavy atom. The summed E-state index contributed by atoms with van der Waals surface area (Å²) in [5.41, 5.74) is 2.78. The highest BCUT2D eigenvalue weighted by molar-refractivity contribution is 5.92. The standard InChI is InChI=1S/C18H21N5O/c1-22-12-19-11-16(22)18(24)23-8-6-13(7-9-23)10-17-20-14-4-2-3-5-15(14)21-17/h2-5,11-13H,6-10H2,1H3,(H,20,21). The van der Waals surface area contributed by atoms with E-state index in [-0.39, 0.29) is 5.91 Å². The Hall–Kier alpha value is -2.63. The van der Waals surface area contributed by atoms with Crippen LogP contribution in [0.4, 0.5) is 0 Å². The maximum absolute atomic E-state index is 12.5. The molecule has 0 radical (unpaired) electrons. The van der Waals surface area contributed by atoms with Crippen LogP contribution in [0.15, 0.2) is 36.8 Å². The Labute approximate surface area is 140 Å². The second-order valence-corrected chi connectivity index (χ2v) is 6.53. The summed E-state index contributed by atoms with van der Waals surface area (Å²) in [5.74, 6) is 1.70. The molecule has 4 rings (SSSR count). The van der Waals surface area contributed by atoms with Crippen molar-refractivity contribution in [1.82, 2.24) is 24.4 Å². The minimum absolute atomic E-state index is 0.0807. The molecule has 0 spiro atoms. The number of benzene rings is 1. The summed E-state index contributed by atoms with van der Waals surface area (Å²) in [6, 6.07) is 8.12. The number of hydrogen-bond acceptors (Lipinski definition) is 3. The number of rotatable bonds is 3. The average molecular weight is 323 g/mol. The zero-order valence-corrected chi connectivity index (χ0v) is 13.8. The van der Waals surface area contributed by atoms with Crippen molar-refractivity contribution in [2.75, 3.05) is 13.1 Å². The number of likely N-dealkylation sites (tertiary alicyclic amines) is 1. The molecular weight excluding hydrogens is 302 g/mol. The van der Waals surface area contributed by atoms with Crippen molar-refractivity contribution in [3.63, 3.8) is 0 Å². The van der Waals surface area contributed by atoms with Crippen LogP contribution in [-0.2, 0) is 13.5 Å². The van der Waals surface area contributed by atoms with Gasteiger partial charge in [0.1, 0.15) is 11.5 Å². The molecule has 1 aliphatic rings. The van der Waals surface area contributed by atoms with Crippen LogP contribution in [0.1, 0.15) is 29.2 Å². The maximum Gasteiger partial charge on any atom is 0.272 e. The normalized spacial score (nSPS) is 16.0. The fourth-order valence-electron chi connectivity index (χ4n) is 3.44. The number of carbonyl (C=O) groups excluding carboxylic acids is 1. The maximum atomic E-state index is 12.5. The molecular formula is C18H21N5O. The van der Waals surface area contributed by atoms with Gasteiger partial charge in [0.05, 0.1) is 23.6 Å². The van der Waals surface area contributed by atoms with Gasteiger partial charge >= 0.3 is 0 Å². The molecule has 0 atom stereocenters. The minimum Gasteiger partial charge on any atom is -0.342 e. The second kappa shape index (κ2) is 6.11. The van der Waals surface area contributed by atoms with Gasteiger partial charge < -0.3 is 14.5 Å². The van der Waals surface area contributed by atoms with Crippen LogP contribution in [-0.4, -0.2) is 43.4 Å². The van der Waals surface area contributed by atoms with Crippen LogP contribution in [0.2, 0.25) is 0 Å². The molecule has 1 aliphatic heterocycles. The van der Waals surface area contributed by atoms with Gasteiger partial charge in [-0.2, -0.15) is 0 Å². The number of hydrogen-bond donors (Lipinski definition) is 1. The number of amides is 1. The van der Waals surface area contributed by atoms with Crippen molar-refractivity contribution < 1.29 is 4.79 Å². The number of aromatic amines is 1. The van der Waals surface area contributed by atoms with Gasteiger partial charge in [-0.05, 0) is 30.9 Å². The molecule has 1 amide bonds. The predicted octanol–water partition coefficient (Wildman–Crippen LogP) is 2.39. The number of para-hydroxylation sites is 2. The van der Waals surface area contributed by atoms with E-state index in [2.05, 4.69) is 21.0 Å². The quantitative estimate of drug-likeness (QED) is 0.805. The summed E-state index contributed by atoms with van der Waals surface area (Å²) in [6.45, 7) is 1.60. The summed E-state index contributed by atoms with van der Waals surface area (Å²) in [6.07, 6.45) is 6.29. The molecule has 3 aromatic rings. The molecule has 124 valence electrons. The third-order valence-electron chi connectivity index (χ3n) is 4.86. The largest absolute Gasteiger partial charge is 0.342 e. The summed E-state index contributed by atoms with van der Waals surface area (Å²) < 4.78 is 1.78. The van der Waals surface area contributed by atoms with Crippen LogP contribution < -0.4 is 0 Å². The number of nitrogens with one attached hydrogen (secondary N) is 1. The molecule has 6 nitrogen and oxygen atoms in total. The highest BCUT2D eigenvalue weighted by Crippen LogP contribution is 2.23. The highest BCUT2D eigenvalue weighted by atomic mass is 16.2. The van der Waals surface area contributed by atoms with E-state index in [4.69, 9.17) is 0 Å². The van der Waals surface area contributed by atoms with Gasteiger partial charge in [0, 0.05) is 26.6 Å². The summed E-state index contributed by atoms with van der Waals surface area (Å²) in [7, 11) is 1.86. The van der Waals surface area contributed by atoms with E-state index in [9.17, 15) is 4.79 Å². The SMILES string of the molecule is Cn1cncc1C(=O)N1CCC(Cc2nc3ccccc3[nH]2)CC1. The van der Waals surface area contributed by atoms with Gasteiger partial charge in [0.25, 0.3) is 5.91 Å². The number of nitrogens with zero attached hydrogens (tertiary/aromatic N) is 4. The smallest absolute Gasteiger partial charge is 0.272 e.